The van der Waals surface area contributed by atoms with E-state index in [9.17, 15) is 14.4 Å². The lowest BCUT2D eigenvalue weighted by Crippen LogP contribution is -2.14. The molecule has 0 saturated heterocycles. The highest BCUT2D eigenvalue weighted by Gasteiger charge is 2.15. The summed E-state index contributed by atoms with van der Waals surface area (Å²) in [6, 6.07) is 16.4. The molecule has 0 aliphatic carbocycles. The smallest absolute Gasteiger partial charge is 0.266 e. The van der Waals surface area contributed by atoms with Crippen LogP contribution in [0, 0.1) is 24.1 Å². The molecule has 8 heteroatoms. The van der Waals surface area contributed by atoms with Crippen LogP contribution in [0.15, 0.2) is 64.6 Å². The summed E-state index contributed by atoms with van der Waals surface area (Å²) in [6.45, 7) is 1.98. The molecule has 1 amide bonds. The summed E-state index contributed by atoms with van der Waals surface area (Å²) in [4.78, 5) is 12.7. The maximum Gasteiger partial charge on any atom is 0.266 e. The Labute approximate surface area is 204 Å². The molecule has 0 fully saturated rings. The van der Waals surface area contributed by atoms with Crippen LogP contribution in [-0.4, -0.2) is 13.0 Å². The molecule has 5 nitrogen and oxygen atoms in total. The zero-order valence-electron chi connectivity index (χ0n) is 17.8. The Hall–Kier alpha value is -3.34. The normalized spacial score (nSPS) is 11.0. The minimum absolute atomic E-state index is 0.0942. The lowest BCUT2D eigenvalue weighted by atomic mass is 10.1. The average Bonchev–Trinajstić information content (AvgIpc) is 2.80. The summed E-state index contributed by atoms with van der Waals surface area (Å²) in [5, 5.41) is 12.8. The third-order valence-corrected chi connectivity index (χ3v) is 5.74. The van der Waals surface area contributed by atoms with Gasteiger partial charge in [0.25, 0.3) is 5.91 Å². The number of nitrogens with one attached hydrogen (secondary N) is 1. The number of carbonyl (C=O) groups excluding carboxylic acids is 1. The molecule has 0 atom stereocenters. The number of anilines is 1. The van der Waals surface area contributed by atoms with Crippen molar-refractivity contribution in [3.63, 3.8) is 0 Å². The third kappa shape index (κ3) is 6.13. The molecule has 0 aliphatic heterocycles. The second-order valence-electron chi connectivity index (χ2n) is 6.99. The van der Waals surface area contributed by atoms with Gasteiger partial charge in [0.05, 0.1) is 11.6 Å². The van der Waals surface area contributed by atoms with Gasteiger partial charge in [0.2, 0.25) is 0 Å². The van der Waals surface area contributed by atoms with Gasteiger partial charge >= 0.3 is 0 Å². The van der Waals surface area contributed by atoms with Crippen molar-refractivity contribution in [1.82, 2.24) is 0 Å². The van der Waals surface area contributed by atoms with Crippen molar-refractivity contribution >= 4 is 45.2 Å². The van der Waals surface area contributed by atoms with E-state index in [2.05, 4.69) is 21.2 Å². The fourth-order valence-corrected chi connectivity index (χ4v) is 3.70. The van der Waals surface area contributed by atoms with Crippen molar-refractivity contribution in [2.45, 2.75) is 13.5 Å². The van der Waals surface area contributed by atoms with Gasteiger partial charge in [-0.1, -0.05) is 29.8 Å². The predicted molar refractivity (Wildman–Crippen MR) is 130 cm³/mol. The summed E-state index contributed by atoms with van der Waals surface area (Å²) in [6.07, 6.45) is 1.45. The first kappa shape index (κ1) is 24.3. The molecule has 0 unspecified atom stereocenters. The minimum Gasteiger partial charge on any atom is -0.493 e. The van der Waals surface area contributed by atoms with Crippen molar-refractivity contribution in [3.05, 3.63) is 92.2 Å². The molecule has 0 spiro atoms. The van der Waals surface area contributed by atoms with Crippen LogP contribution in [-0.2, 0) is 11.4 Å². The van der Waals surface area contributed by atoms with E-state index in [-0.39, 0.29) is 18.0 Å². The second-order valence-corrected chi connectivity index (χ2v) is 8.25. The van der Waals surface area contributed by atoms with E-state index in [0.29, 0.717) is 37.8 Å². The van der Waals surface area contributed by atoms with Gasteiger partial charge in [0, 0.05) is 10.7 Å². The lowest BCUT2D eigenvalue weighted by Gasteiger charge is -2.14. The number of hydrogen-bond donors (Lipinski definition) is 1. The number of amides is 1. The Morgan fingerprint density at radius 3 is 2.64 bits per heavy atom. The number of rotatable bonds is 7. The summed E-state index contributed by atoms with van der Waals surface area (Å²) in [5.41, 5.74) is 2.48. The van der Waals surface area contributed by atoms with Gasteiger partial charge in [-0.25, -0.2) is 4.39 Å². The molecule has 3 aromatic carbocycles. The SMILES string of the molecule is COc1cc(/C=C(/C#N)C(=O)Nc2cccc(Cl)c2C)cc(Br)c1OCc1ccc(F)cc1. The highest BCUT2D eigenvalue weighted by molar-refractivity contribution is 9.10. The number of methoxy groups -OCH3 is 1. The van der Waals surface area contributed by atoms with Gasteiger partial charge in [0.1, 0.15) is 24.1 Å². The Balaban J connectivity index is 1.83. The topological polar surface area (TPSA) is 71.3 Å². The van der Waals surface area contributed by atoms with E-state index in [4.69, 9.17) is 21.1 Å². The van der Waals surface area contributed by atoms with Crippen LogP contribution in [0.4, 0.5) is 10.1 Å². The van der Waals surface area contributed by atoms with Crippen LogP contribution < -0.4 is 14.8 Å². The number of ether oxygens (including phenoxy) is 2. The van der Waals surface area contributed by atoms with Gasteiger partial charge in [-0.2, -0.15) is 5.26 Å². The molecular weight excluding hydrogens is 511 g/mol. The fourth-order valence-electron chi connectivity index (χ4n) is 2.95. The first-order valence-electron chi connectivity index (χ1n) is 9.75. The van der Waals surface area contributed by atoms with Crippen molar-refractivity contribution in [2.75, 3.05) is 12.4 Å². The van der Waals surface area contributed by atoms with Crippen LogP contribution in [0.25, 0.3) is 6.08 Å². The van der Waals surface area contributed by atoms with E-state index in [0.717, 1.165) is 5.56 Å². The molecule has 0 aromatic heterocycles. The van der Waals surface area contributed by atoms with Crippen LogP contribution in [0.1, 0.15) is 16.7 Å². The Morgan fingerprint density at radius 1 is 1.24 bits per heavy atom. The number of carbonyl (C=O) groups is 1. The minimum atomic E-state index is -0.561. The van der Waals surface area contributed by atoms with Crippen LogP contribution in [0.2, 0.25) is 5.02 Å². The molecule has 33 heavy (non-hydrogen) atoms. The Bertz CT molecular complexity index is 1250. The zero-order chi connectivity index (χ0) is 24.0. The summed E-state index contributed by atoms with van der Waals surface area (Å²) in [5.74, 6) is -0.0382. The molecule has 0 bridgehead atoms. The molecule has 168 valence electrons. The van der Waals surface area contributed by atoms with Crippen molar-refractivity contribution in [2.24, 2.45) is 0 Å². The summed E-state index contributed by atoms with van der Waals surface area (Å²) < 4.78 is 24.9. The van der Waals surface area contributed by atoms with Gasteiger partial charge < -0.3 is 14.8 Å². The monoisotopic (exact) mass is 528 g/mol. The molecule has 3 aromatic rings. The van der Waals surface area contributed by atoms with E-state index < -0.39 is 5.91 Å². The van der Waals surface area contributed by atoms with Gasteiger partial charge in [0.15, 0.2) is 11.5 Å². The van der Waals surface area contributed by atoms with Gasteiger partial charge in [-0.05, 0) is 82.0 Å². The van der Waals surface area contributed by atoms with E-state index >= 15 is 0 Å². The molecular formula is C25H19BrClFN2O3. The van der Waals surface area contributed by atoms with E-state index in [1.807, 2.05) is 6.07 Å². The van der Waals surface area contributed by atoms with E-state index in [1.165, 1.54) is 25.3 Å². The lowest BCUT2D eigenvalue weighted by molar-refractivity contribution is -0.112. The predicted octanol–water partition coefficient (Wildman–Crippen LogP) is 6.68. The van der Waals surface area contributed by atoms with Gasteiger partial charge in [-0.3, -0.25) is 4.79 Å². The van der Waals surface area contributed by atoms with Crippen molar-refractivity contribution in [3.8, 4) is 17.6 Å². The largest absolute Gasteiger partial charge is 0.493 e. The summed E-state index contributed by atoms with van der Waals surface area (Å²) in [7, 11) is 1.49. The quantitative estimate of drug-likeness (QED) is 0.274. The molecule has 1 N–H and O–H groups in total. The first-order valence-corrected chi connectivity index (χ1v) is 10.9. The van der Waals surface area contributed by atoms with E-state index in [1.54, 1.807) is 49.4 Å². The molecule has 3 rings (SSSR count). The standard InChI is InChI=1S/C25H19BrClFN2O3/c1-15-21(27)4-3-5-22(15)30-25(31)18(13-29)10-17-11-20(26)24(23(12-17)32-2)33-14-16-6-8-19(28)9-7-16/h3-12H,14H2,1-2H3,(H,30,31)/b18-10-. The van der Waals surface area contributed by atoms with Crippen LogP contribution in [0.3, 0.4) is 0 Å². The fraction of sp³-hybridized carbons (Fsp3) is 0.120. The highest BCUT2D eigenvalue weighted by atomic mass is 79.9. The molecule has 0 saturated carbocycles. The Morgan fingerprint density at radius 2 is 1.97 bits per heavy atom. The number of nitrogens with zero attached hydrogens (tertiary/aromatic N) is 1. The molecule has 0 heterocycles. The maximum atomic E-state index is 13.1. The number of nitriles is 1. The first-order chi connectivity index (χ1) is 15.8. The highest BCUT2D eigenvalue weighted by Crippen LogP contribution is 2.38. The van der Waals surface area contributed by atoms with Crippen LogP contribution >= 0.6 is 27.5 Å². The second kappa shape index (κ2) is 11.0. The summed E-state index contributed by atoms with van der Waals surface area (Å²) >= 11 is 9.55. The average molecular weight is 530 g/mol. The number of benzene rings is 3. The third-order valence-electron chi connectivity index (χ3n) is 4.74. The molecule has 0 radical (unpaired) electrons. The Kier molecular flexibility index (Phi) is 8.10. The van der Waals surface area contributed by atoms with Gasteiger partial charge in [-0.15, -0.1) is 0 Å². The number of halogens is 3. The van der Waals surface area contributed by atoms with Crippen molar-refractivity contribution in [1.29, 1.82) is 5.26 Å². The maximum absolute atomic E-state index is 13.1. The van der Waals surface area contributed by atoms with Crippen molar-refractivity contribution < 1.29 is 18.7 Å². The van der Waals surface area contributed by atoms with Crippen LogP contribution in [0.5, 0.6) is 11.5 Å². The number of hydrogen-bond acceptors (Lipinski definition) is 4. The molecule has 0 aliphatic rings. The zero-order valence-corrected chi connectivity index (χ0v) is 20.1.